The molecule has 0 unspecified atom stereocenters. The van der Waals surface area contributed by atoms with E-state index < -0.39 is 0 Å². The van der Waals surface area contributed by atoms with Crippen LogP contribution in [0.1, 0.15) is 25.3 Å². The van der Waals surface area contributed by atoms with Gasteiger partial charge in [-0.1, -0.05) is 43.7 Å². The van der Waals surface area contributed by atoms with Gasteiger partial charge < -0.3 is 10.4 Å². The van der Waals surface area contributed by atoms with E-state index in [2.05, 4.69) is 12.2 Å². The number of anilines is 1. The van der Waals surface area contributed by atoms with E-state index >= 15 is 0 Å². The van der Waals surface area contributed by atoms with Crippen molar-refractivity contribution in [1.29, 1.82) is 0 Å². The van der Waals surface area contributed by atoms with Gasteiger partial charge in [-0.2, -0.15) is 0 Å². The number of hydrogen-bond donors (Lipinski definition) is 2. The summed E-state index contributed by atoms with van der Waals surface area (Å²) >= 11 is 0. The lowest BCUT2D eigenvalue weighted by Crippen LogP contribution is -2.23. The minimum absolute atomic E-state index is 0.0550. The van der Waals surface area contributed by atoms with E-state index in [4.69, 9.17) is 0 Å². The van der Waals surface area contributed by atoms with Crippen molar-refractivity contribution in [1.82, 2.24) is 4.57 Å². The van der Waals surface area contributed by atoms with Crippen LogP contribution in [0.3, 0.4) is 0 Å². The van der Waals surface area contributed by atoms with E-state index in [-0.39, 0.29) is 11.3 Å². The van der Waals surface area contributed by atoms with Gasteiger partial charge in [0.05, 0.1) is 11.1 Å². The van der Waals surface area contributed by atoms with Gasteiger partial charge in [-0.15, -0.1) is 0 Å². The molecule has 0 radical (unpaired) electrons. The molecule has 2 heterocycles. The van der Waals surface area contributed by atoms with Crippen molar-refractivity contribution in [2.24, 2.45) is 0 Å². The second-order valence-corrected chi connectivity index (χ2v) is 5.40. The molecule has 1 aliphatic rings. The Balaban J connectivity index is 2.24. The van der Waals surface area contributed by atoms with Crippen LogP contribution in [0.2, 0.25) is 0 Å². The first-order valence-corrected chi connectivity index (χ1v) is 7.52. The van der Waals surface area contributed by atoms with Gasteiger partial charge in [0.25, 0.3) is 5.56 Å². The number of aromatic nitrogens is 1. The molecule has 0 spiro atoms. The van der Waals surface area contributed by atoms with Crippen molar-refractivity contribution >= 4 is 5.82 Å². The lowest BCUT2D eigenvalue weighted by atomic mass is 10.00. The molecule has 1 aromatic heterocycles. The molecular weight excluding hydrogens is 264 g/mol. The summed E-state index contributed by atoms with van der Waals surface area (Å²) in [4.78, 5) is 12.5. The zero-order valence-corrected chi connectivity index (χ0v) is 12.2. The largest absolute Gasteiger partial charge is 0.507 e. The molecular formula is C17H20N2O2. The van der Waals surface area contributed by atoms with Crippen molar-refractivity contribution in [2.75, 3.05) is 11.9 Å². The highest BCUT2D eigenvalue weighted by Crippen LogP contribution is 2.38. The minimum atomic E-state index is -0.0550. The van der Waals surface area contributed by atoms with E-state index in [0.29, 0.717) is 18.5 Å². The lowest BCUT2D eigenvalue weighted by molar-refractivity contribution is 0.465. The zero-order chi connectivity index (χ0) is 14.8. The first kappa shape index (κ1) is 13.7. The molecule has 0 atom stereocenters. The molecule has 3 rings (SSSR count). The van der Waals surface area contributed by atoms with Gasteiger partial charge in [0, 0.05) is 13.1 Å². The molecule has 0 bridgehead atoms. The van der Waals surface area contributed by atoms with Crippen LogP contribution >= 0.6 is 0 Å². The number of rotatable bonds is 4. The predicted octanol–water partition coefficient (Wildman–Crippen LogP) is 2.99. The van der Waals surface area contributed by atoms with Gasteiger partial charge in [-0.25, -0.2) is 0 Å². The highest BCUT2D eigenvalue weighted by Gasteiger charge is 2.24. The molecule has 4 heteroatoms. The summed E-state index contributed by atoms with van der Waals surface area (Å²) in [5.41, 5.74) is 2.17. The lowest BCUT2D eigenvalue weighted by Gasteiger charge is -2.15. The van der Waals surface area contributed by atoms with Crippen LogP contribution in [0.4, 0.5) is 5.82 Å². The second kappa shape index (κ2) is 5.64. The standard InChI is InChI=1S/C17H20N2O2/c1-2-3-9-13-15(20)14(12-7-5-4-6-8-12)16-18-10-11-19(16)17(13)21/h4-8,18,20H,2-3,9-11H2,1H3. The Morgan fingerprint density at radius 3 is 2.76 bits per heavy atom. The SMILES string of the molecule is CCCCc1c(O)c(-c2ccccc2)c2n(c1=O)CCN2. The van der Waals surface area contributed by atoms with Crippen molar-refractivity contribution in [3.05, 3.63) is 46.2 Å². The summed E-state index contributed by atoms with van der Waals surface area (Å²) in [6.45, 7) is 3.47. The molecule has 21 heavy (non-hydrogen) atoms. The van der Waals surface area contributed by atoms with Crippen molar-refractivity contribution in [3.63, 3.8) is 0 Å². The summed E-state index contributed by atoms with van der Waals surface area (Å²) in [5.74, 6) is 0.879. The van der Waals surface area contributed by atoms with Gasteiger partial charge in [0.2, 0.25) is 0 Å². The number of nitrogens with one attached hydrogen (secondary N) is 1. The first-order valence-electron chi connectivity index (χ1n) is 7.52. The van der Waals surface area contributed by atoms with Crippen molar-refractivity contribution < 1.29 is 5.11 Å². The Hall–Kier alpha value is -2.23. The van der Waals surface area contributed by atoms with Gasteiger partial charge in [0.15, 0.2) is 0 Å². The van der Waals surface area contributed by atoms with Crippen LogP contribution in [0, 0.1) is 0 Å². The maximum absolute atomic E-state index is 12.5. The summed E-state index contributed by atoms with van der Waals surface area (Å²) in [7, 11) is 0. The molecule has 0 aliphatic carbocycles. The Bertz CT molecular complexity index is 705. The van der Waals surface area contributed by atoms with Crippen LogP contribution < -0.4 is 10.9 Å². The third kappa shape index (κ3) is 2.31. The molecule has 0 fully saturated rings. The van der Waals surface area contributed by atoms with Crippen molar-refractivity contribution in [3.8, 4) is 16.9 Å². The quantitative estimate of drug-likeness (QED) is 0.907. The van der Waals surface area contributed by atoms with Gasteiger partial charge in [0.1, 0.15) is 11.6 Å². The maximum Gasteiger partial charge on any atom is 0.259 e. The van der Waals surface area contributed by atoms with E-state index in [9.17, 15) is 9.90 Å². The average Bonchev–Trinajstić information content (AvgIpc) is 2.98. The van der Waals surface area contributed by atoms with Crippen molar-refractivity contribution in [2.45, 2.75) is 32.7 Å². The fourth-order valence-corrected chi connectivity index (χ4v) is 2.90. The Morgan fingerprint density at radius 1 is 1.29 bits per heavy atom. The van der Waals surface area contributed by atoms with Gasteiger partial charge in [-0.3, -0.25) is 9.36 Å². The first-order chi connectivity index (χ1) is 10.2. The van der Waals surface area contributed by atoms with Gasteiger partial charge >= 0.3 is 0 Å². The Labute approximate surface area is 124 Å². The summed E-state index contributed by atoms with van der Waals surface area (Å²) in [5, 5.41) is 13.9. The highest BCUT2D eigenvalue weighted by atomic mass is 16.3. The normalized spacial score (nSPS) is 13.0. The molecule has 0 amide bonds. The molecule has 110 valence electrons. The van der Waals surface area contributed by atoms with Crippen LogP contribution in [0.25, 0.3) is 11.1 Å². The fraction of sp³-hybridized carbons (Fsp3) is 0.353. The van der Waals surface area contributed by atoms with Crippen LogP contribution in [0.15, 0.2) is 35.1 Å². The third-order valence-corrected chi connectivity index (χ3v) is 4.00. The average molecular weight is 284 g/mol. The molecule has 0 saturated heterocycles. The summed E-state index contributed by atoms with van der Waals surface area (Å²) in [6.07, 6.45) is 2.53. The number of nitrogens with zero attached hydrogens (tertiary/aromatic N) is 1. The Morgan fingerprint density at radius 2 is 2.05 bits per heavy atom. The fourth-order valence-electron chi connectivity index (χ4n) is 2.90. The minimum Gasteiger partial charge on any atom is -0.507 e. The van der Waals surface area contributed by atoms with Crippen LogP contribution in [-0.4, -0.2) is 16.2 Å². The van der Waals surface area contributed by atoms with E-state index in [1.807, 2.05) is 30.3 Å². The number of aromatic hydroxyl groups is 1. The van der Waals surface area contributed by atoms with E-state index in [1.54, 1.807) is 4.57 Å². The molecule has 2 aromatic rings. The molecule has 0 saturated carbocycles. The number of unbranched alkanes of at least 4 members (excludes halogenated alkanes) is 1. The second-order valence-electron chi connectivity index (χ2n) is 5.40. The monoisotopic (exact) mass is 284 g/mol. The topological polar surface area (TPSA) is 54.3 Å². The van der Waals surface area contributed by atoms with Crippen LogP contribution in [0.5, 0.6) is 5.75 Å². The number of pyridine rings is 1. The smallest absolute Gasteiger partial charge is 0.259 e. The van der Waals surface area contributed by atoms with E-state index in [0.717, 1.165) is 36.3 Å². The maximum atomic E-state index is 12.5. The summed E-state index contributed by atoms with van der Waals surface area (Å²) < 4.78 is 1.76. The molecule has 2 N–H and O–H groups in total. The molecule has 1 aromatic carbocycles. The van der Waals surface area contributed by atoms with E-state index in [1.165, 1.54) is 0 Å². The number of hydrogen-bond acceptors (Lipinski definition) is 3. The number of fused-ring (bicyclic) bond motifs is 1. The zero-order valence-electron chi connectivity index (χ0n) is 12.2. The van der Waals surface area contributed by atoms with Gasteiger partial charge in [-0.05, 0) is 18.4 Å². The summed E-state index contributed by atoms with van der Waals surface area (Å²) in [6, 6.07) is 9.75. The van der Waals surface area contributed by atoms with Crippen LogP contribution in [-0.2, 0) is 13.0 Å². The Kier molecular flexibility index (Phi) is 3.69. The third-order valence-electron chi connectivity index (χ3n) is 4.00. The highest BCUT2D eigenvalue weighted by molar-refractivity contribution is 5.82. The molecule has 1 aliphatic heterocycles. The molecule has 4 nitrogen and oxygen atoms in total. The predicted molar refractivity (Wildman–Crippen MR) is 84.9 cm³/mol. The number of benzene rings is 1.